The van der Waals surface area contributed by atoms with Crippen molar-refractivity contribution in [3.8, 4) is 5.75 Å². The summed E-state index contributed by atoms with van der Waals surface area (Å²) >= 11 is 0. The molecular weight excluding hydrogens is 201 g/mol. The highest BCUT2D eigenvalue weighted by molar-refractivity contribution is 5.47. The van der Waals surface area contributed by atoms with E-state index in [1.165, 1.54) is 12.1 Å². The monoisotopic (exact) mass is 211 g/mol. The summed E-state index contributed by atoms with van der Waals surface area (Å²) in [5, 5.41) is 10.5. The minimum absolute atomic E-state index is 0.0538. The van der Waals surface area contributed by atoms with E-state index in [0.717, 1.165) is 6.07 Å². The van der Waals surface area contributed by atoms with Crippen LogP contribution in [-0.2, 0) is 0 Å². The van der Waals surface area contributed by atoms with Crippen LogP contribution in [0.4, 0.5) is 10.1 Å². The molecule has 0 unspecified atom stereocenters. The fourth-order valence-corrected chi connectivity index (χ4v) is 1.04. The van der Waals surface area contributed by atoms with Crippen LogP contribution in [0.5, 0.6) is 5.75 Å². The van der Waals surface area contributed by atoms with Gasteiger partial charge in [0.25, 0.3) is 0 Å². The average Bonchev–Trinajstić information content (AvgIpc) is 2.17. The van der Waals surface area contributed by atoms with E-state index in [2.05, 4.69) is 6.58 Å². The number of hydrogen-bond acceptors (Lipinski definition) is 3. The van der Waals surface area contributed by atoms with Crippen molar-refractivity contribution in [2.75, 3.05) is 6.61 Å². The Balaban J connectivity index is 2.90. The molecule has 0 saturated carbocycles. The van der Waals surface area contributed by atoms with Crippen LogP contribution in [0.25, 0.3) is 0 Å². The SMILES string of the molecule is C=CCCOc1cccc(F)c1[N+](=O)[O-]. The second-order valence-corrected chi connectivity index (χ2v) is 2.77. The number of benzene rings is 1. The molecule has 80 valence electrons. The zero-order valence-corrected chi connectivity index (χ0v) is 7.98. The first-order valence-electron chi connectivity index (χ1n) is 4.33. The molecule has 15 heavy (non-hydrogen) atoms. The summed E-state index contributed by atoms with van der Waals surface area (Å²) < 4.78 is 18.1. The molecule has 5 heteroatoms. The van der Waals surface area contributed by atoms with Gasteiger partial charge in [-0.3, -0.25) is 10.1 Å². The van der Waals surface area contributed by atoms with Gasteiger partial charge in [-0.15, -0.1) is 6.58 Å². The molecule has 1 aromatic carbocycles. The zero-order valence-electron chi connectivity index (χ0n) is 7.98. The standard InChI is InChI=1S/C10H10FNO3/c1-2-3-7-15-9-6-4-5-8(11)10(9)12(13)14/h2,4-6H,1,3,7H2. The predicted octanol–water partition coefficient (Wildman–Crippen LogP) is 2.69. The van der Waals surface area contributed by atoms with Gasteiger partial charge < -0.3 is 4.74 Å². The van der Waals surface area contributed by atoms with E-state index in [0.29, 0.717) is 6.42 Å². The van der Waals surface area contributed by atoms with E-state index in [-0.39, 0.29) is 12.4 Å². The van der Waals surface area contributed by atoms with Crippen molar-refractivity contribution in [1.29, 1.82) is 0 Å². The molecule has 0 spiro atoms. The van der Waals surface area contributed by atoms with Gasteiger partial charge in [0.15, 0.2) is 5.75 Å². The van der Waals surface area contributed by atoms with E-state index >= 15 is 0 Å². The van der Waals surface area contributed by atoms with Crippen LogP contribution in [0.1, 0.15) is 6.42 Å². The molecule has 1 rings (SSSR count). The maximum atomic E-state index is 13.1. The van der Waals surface area contributed by atoms with Crippen molar-refractivity contribution in [2.24, 2.45) is 0 Å². The van der Waals surface area contributed by atoms with Crippen LogP contribution < -0.4 is 4.74 Å². The summed E-state index contributed by atoms with van der Waals surface area (Å²) in [5.74, 6) is -0.946. The Labute approximate surface area is 86.1 Å². The summed E-state index contributed by atoms with van der Waals surface area (Å²) in [6.07, 6.45) is 2.17. The van der Waals surface area contributed by atoms with Crippen molar-refractivity contribution in [2.45, 2.75) is 6.42 Å². The van der Waals surface area contributed by atoms with E-state index in [9.17, 15) is 14.5 Å². The number of halogens is 1. The molecule has 0 aliphatic carbocycles. The smallest absolute Gasteiger partial charge is 0.346 e. The molecule has 0 bridgehead atoms. The molecule has 0 aliphatic heterocycles. The van der Waals surface area contributed by atoms with Crippen LogP contribution in [0.15, 0.2) is 30.9 Å². The maximum Gasteiger partial charge on any atom is 0.346 e. The minimum Gasteiger partial charge on any atom is -0.486 e. The van der Waals surface area contributed by atoms with Gasteiger partial charge in [0.2, 0.25) is 5.82 Å². The molecule has 0 atom stereocenters. The highest BCUT2D eigenvalue weighted by Crippen LogP contribution is 2.29. The zero-order chi connectivity index (χ0) is 11.3. The lowest BCUT2D eigenvalue weighted by molar-refractivity contribution is -0.388. The van der Waals surface area contributed by atoms with Gasteiger partial charge in [-0.1, -0.05) is 12.1 Å². The Hall–Kier alpha value is -1.91. The fraction of sp³-hybridized carbons (Fsp3) is 0.200. The second-order valence-electron chi connectivity index (χ2n) is 2.77. The summed E-state index contributed by atoms with van der Waals surface area (Å²) in [6.45, 7) is 3.72. The van der Waals surface area contributed by atoms with Crippen LogP contribution in [0.3, 0.4) is 0 Å². The molecular formula is C10H10FNO3. The number of nitro groups is 1. The van der Waals surface area contributed by atoms with Crippen molar-refractivity contribution in [3.05, 3.63) is 46.8 Å². The van der Waals surface area contributed by atoms with Gasteiger partial charge in [0, 0.05) is 0 Å². The van der Waals surface area contributed by atoms with Crippen molar-refractivity contribution < 1.29 is 14.1 Å². The van der Waals surface area contributed by atoms with Gasteiger partial charge >= 0.3 is 5.69 Å². The number of ether oxygens (including phenoxy) is 1. The highest BCUT2D eigenvalue weighted by Gasteiger charge is 2.20. The van der Waals surface area contributed by atoms with E-state index in [1.807, 2.05) is 0 Å². The average molecular weight is 211 g/mol. The van der Waals surface area contributed by atoms with Gasteiger partial charge in [-0.05, 0) is 18.6 Å². The summed E-state index contributed by atoms with van der Waals surface area (Å²) in [4.78, 5) is 9.75. The first-order chi connectivity index (χ1) is 7.16. The molecule has 0 fully saturated rings. The third-order valence-electron chi connectivity index (χ3n) is 1.71. The molecule has 0 saturated heterocycles. The fourth-order valence-electron chi connectivity index (χ4n) is 1.04. The second kappa shape index (κ2) is 5.09. The molecule has 0 N–H and O–H groups in total. The Morgan fingerprint density at radius 1 is 1.60 bits per heavy atom. The van der Waals surface area contributed by atoms with Gasteiger partial charge in [-0.25, -0.2) is 0 Å². The predicted molar refractivity (Wildman–Crippen MR) is 53.4 cm³/mol. The maximum absolute atomic E-state index is 13.1. The Kier molecular flexibility index (Phi) is 3.79. The molecule has 0 radical (unpaired) electrons. The first kappa shape index (κ1) is 11.2. The van der Waals surface area contributed by atoms with Crippen molar-refractivity contribution in [1.82, 2.24) is 0 Å². The summed E-state index contributed by atoms with van der Waals surface area (Å²) in [6, 6.07) is 3.76. The third-order valence-corrected chi connectivity index (χ3v) is 1.71. The number of hydrogen-bond donors (Lipinski definition) is 0. The lowest BCUT2D eigenvalue weighted by Gasteiger charge is -2.05. The lowest BCUT2D eigenvalue weighted by Crippen LogP contribution is -2.01. The number of nitrogens with zero attached hydrogens (tertiary/aromatic N) is 1. The molecule has 0 aromatic heterocycles. The molecule has 0 aliphatic rings. The topological polar surface area (TPSA) is 52.4 Å². The Morgan fingerprint density at radius 2 is 2.33 bits per heavy atom. The van der Waals surface area contributed by atoms with E-state index in [4.69, 9.17) is 4.74 Å². The quantitative estimate of drug-likeness (QED) is 0.325. The van der Waals surface area contributed by atoms with E-state index in [1.54, 1.807) is 6.08 Å². The van der Waals surface area contributed by atoms with Gasteiger partial charge in [0.1, 0.15) is 0 Å². The third kappa shape index (κ3) is 2.77. The molecule has 1 aromatic rings. The minimum atomic E-state index is -0.892. The first-order valence-corrected chi connectivity index (χ1v) is 4.33. The molecule has 0 heterocycles. The van der Waals surface area contributed by atoms with Crippen LogP contribution in [0.2, 0.25) is 0 Å². The molecule has 4 nitrogen and oxygen atoms in total. The van der Waals surface area contributed by atoms with Crippen molar-refractivity contribution in [3.63, 3.8) is 0 Å². The van der Waals surface area contributed by atoms with Gasteiger partial charge in [-0.2, -0.15) is 4.39 Å². The Bertz CT molecular complexity index is 379. The molecule has 0 amide bonds. The largest absolute Gasteiger partial charge is 0.486 e. The summed E-state index contributed by atoms with van der Waals surface area (Å²) in [7, 11) is 0. The van der Waals surface area contributed by atoms with Crippen molar-refractivity contribution >= 4 is 5.69 Å². The van der Waals surface area contributed by atoms with Crippen LogP contribution in [-0.4, -0.2) is 11.5 Å². The van der Waals surface area contributed by atoms with Crippen LogP contribution >= 0.6 is 0 Å². The highest BCUT2D eigenvalue weighted by atomic mass is 19.1. The number of para-hydroxylation sites is 1. The number of nitro benzene ring substituents is 1. The number of rotatable bonds is 5. The normalized spacial score (nSPS) is 9.67. The Morgan fingerprint density at radius 3 is 2.93 bits per heavy atom. The van der Waals surface area contributed by atoms with Gasteiger partial charge in [0.05, 0.1) is 11.5 Å². The lowest BCUT2D eigenvalue weighted by atomic mass is 10.3. The van der Waals surface area contributed by atoms with E-state index < -0.39 is 16.4 Å². The van der Waals surface area contributed by atoms with Crippen LogP contribution in [0, 0.1) is 15.9 Å². The summed E-state index contributed by atoms with van der Waals surface area (Å²) in [5.41, 5.74) is -0.624.